The van der Waals surface area contributed by atoms with Gasteiger partial charge in [0.2, 0.25) is 0 Å². The van der Waals surface area contributed by atoms with Gasteiger partial charge in [-0.05, 0) is 29.8 Å². The molecule has 1 N–H and O–H groups in total. The lowest BCUT2D eigenvalue weighted by molar-refractivity contribution is -0.274. The first-order chi connectivity index (χ1) is 15.7. The summed E-state index contributed by atoms with van der Waals surface area (Å²) in [6.45, 7) is 0. The number of ether oxygens (including phenoxy) is 1. The summed E-state index contributed by atoms with van der Waals surface area (Å²) in [5, 5.41) is 11.0. The van der Waals surface area contributed by atoms with E-state index in [0.29, 0.717) is 11.1 Å². The van der Waals surface area contributed by atoms with Crippen LogP contribution in [-0.4, -0.2) is 23.2 Å². The molecule has 1 heterocycles. The second-order valence-electron chi connectivity index (χ2n) is 7.13. The minimum atomic E-state index is -4.92. The van der Waals surface area contributed by atoms with Crippen molar-refractivity contribution >= 4 is 39.1 Å². The van der Waals surface area contributed by atoms with Gasteiger partial charge in [-0.25, -0.2) is 0 Å². The van der Waals surface area contributed by atoms with Crippen molar-refractivity contribution in [3.8, 4) is 5.75 Å². The quantitative estimate of drug-likeness (QED) is 0.263. The molecule has 0 aromatic heterocycles. The van der Waals surface area contributed by atoms with Crippen LogP contribution in [0.1, 0.15) is 17.2 Å². The van der Waals surface area contributed by atoms with Gasteiger partial charge in [0, 0.05) is 21.8 Å². The Morgan fingerprint density at radius 3 is 2.24 bits per heavy atom. The topological polar surface area (TPSA) is 66.8 Å². The number of amides is 1. The molecule has 1 aliphatic heterocycles. The number of carbonyl (C=O) groups excluding carboxylic acids is 2. The maximum absolute atomic E-state index is 13.0. The first kappa shape index (κ1) is 22.6. The SMILES string of the molecule is O=C1C(=O)N(c2cccc(OC(F)(F)F)c2)C(c2ccccc2)/C1=C(\O)c1ccc(Br)cc1. The molecule has 33 heavy (non-hydrogen) atoms. The number of benzene rings is 3. The number of hydrogen-bond acceptors (Lipinski definition) is 4. The Kier molecular flexibility index (Phi) is 5.99. The lowest BCUT2D eigenvalue weighted by Crippen LogP contribution is -2.29. The average molecular weight is 518 g/mol. The van der Waals surface area contributed by atoms with Crippen LogP contribution in [0.4, 0.5) is 18.9 Å². The fourth-order valence-corrected chi connectivity index (χ4v) is 3.91. The minimum absolute atomic E-state index is 0.0163. The summed E-state index contributed by atoms with van der Waals surface area (Å²) in [5.41, 5.74) is 0.655. The molecule has 0 saturated carbocycles. The van der Waals surface area contributed by atoms with Crippen LogP contribution < -0.4 is 9.64 Å². The molecule has 1 aliphatic rings. The molecule has 0 aliphatic carbocycles. The number of halogens is 4. The van der Waals surface area contributed by atoms with Gasteiger partial charge in [0.05, 0.1) is 11.6 Å². The van der Waals surface area contributed by atoms with Crippen LogP contribution in [0.2, 0.25) is 0 Å². The second kappa shape index (κ2) is 8.74. The highest BCUT2D eigenvalue weighted by molar-refractivity contribution is 9.10. The lowest BCUT2D eigenvalue weighted by atomic mass is 9.95. The number of ketones is 1. The molecule has 168 valence electrons. The summed E-state index contributed by atoms with van der Waals surface area (Å²) in [6.07, 6.45) is -4.92. The summed E-state index contributed by atoms with van der Waals surface area (Å²) >= 11 is 3.30. The van der Waals surface area contributed by atoms with E-state index >= 15 is 0 Å². The number of nitrogens with zero attached hydrogens (tertiary/aromatic N) is 1. The molecule has 5 nitrogen and oxygen atoms in total. The molecule has 4 rings (SSSR count). The van der Waals surface area contributed by atoms with Gasteiger partial charge in [0.15, 0.2) is 0 Å². The standard InChI is InChI=1S/C24H15BrF3NO4/c25-16-11-9-15(10-12-16)21(30)19-20(14-5-2-1-3-6-14)29(23(32)22(19)31)17-7-4-8-18(13-17)33-24(26,27)28/h1-13,20,30H/b21-19+. The summed E-state index contributed by atoms with van der Waals surface area (Å²) in [6, 6.07) is 18.7. The zero-order valence-electron chi connectivity index (χ0n) is 16.7. The smallest absolute Gasteiger partial charge is 0.507 e. The molecule has 0 bridgehead atoms. The number of rotatable bonds is 4. The summed E-state index contributed by atoms with van der Waals surface area (Å²) in [4.78, 5) is 27.1. The van der Waals surface area contributed by atoms with Crippen LogP contribution in [0.25, 0.3) is 5.76 Å². The van der Waals surface area contributed by atoms with Crippen molar-refractivity contribution in [2.45, 2.75) is 12.4 Å². The maximum Gasteiger partial charge on any atom is 0.573 e. The van der Waals surface area contributed by atoms with Gasteiger partial charge in [-0.15, -0.1) is 13.2 Å². The number of alkyl halides is 3. The van der Waals surface area contributed by atoms with E-state index in [1.807, 2.05) is 0 Å². The van der Waals surface area contributed by atoms with Gasteiger partial charge in [-0.2, -0.15) is 0 Å². The molecule has 1 fully saturated rings. The van der Waals surface area contributed by atoms with Crippen molar-refractivity contribution in [3.63, 3.8) is 0 Å². The van der Waals surface area contributed by atoms with E-state index in [1.54, 1.807) is 54.6 Å². The van der Waals surface area contributed by atoms with E-state index < -0.39 is 29.8 Å². The second-order valence-corrected chi connectivity index (χ2v) is 8.05. The Labute approximate surface area is 194 Å². The molecular weight excluding hydrogens is 503 g/mol. The molecule has 1 atom stereocenters. The fraction of sp³-hybridized carbons (Fsp3) is 0.0833. The lowest BCUT2D eigenvalue weighted by Gasteiger charge is -2.26. The van der Waals surface area contributed by atoms with E-state index in [-0.39, 0.29) is 17.0 Å². The predicted octanol–water partition coefficient (Wildman–Crippen LogP) is 5.97. The first-order valence-corrected chi connectivity index (χ1v) is 10.4. The van der Waals surface area contributed by atoms with Crippen LogP contribution in [0.5, 0.6) is 5.75 Å². The largest absolute Gasteiger partial charge is 0.573 e. The van der Waals surface area contributed by atoms with Crippen molar-refractivity contribution in [2.24, 2.45) is 0 Å². The molecule has 0 radical (unpaired) electrons. The first-order valence-electron chi connectivity index (χ1n) is 9.63. The van der Waals surface area contributed by atoms with Crippen LogP contribution in [0.15, 0.2) is 88.9 Å². The Morgan fingerprint density at radius 1 is 0.939 bits per heavy atom. The van der Waals surface area contributed by atoms with E-state index in [4.69, 9.17) is 0 Å². The third-order valence-electron chi connectivity index (χ3n) is 5.01. The highest BCUT2D eigenvalue weighted by atomic mass is 79.9. The van der Waals surface area contributed by atoms with Gasteiger partial charge in [0.1, 0.15) is 11.5 Å². The monoisotopic (exact) mass is 517 g/mol. The Balaban J connectivity index is 1.88. The summed E-state index contributed by atoms with van der Waals surface area (Å²) < 4.78 is 42.9. The average Bonchev–Trinajstić information content (AvgIpc) is 3.04. The van der Waals surface area contributed by atoms with Gasteiger partial charge < -0.3 is 9.84 Å². The van der Waals surface area contributed by atoms with Crippen molar-refractivity contribution in [2.75, 3.05) is 4.90 Å². The van der Waals surface area contributed by atoms with Crippen LogP contribution >= 0.6 is 15.9 Å². The normalized spacial score (nSPS) is 17.9. The molecule has 1 unspecified atom stereocenters. The zero-order chi connectivity index (χ0) is 23.8. The fourth-order valence-electron chi connectivity index (χ4n) is 3.64. The highest BCUT2D eigenvalue weighted by Gasteiger charge is 2.47. The van der Waals surface area contributed by atoms with Crippen LogP contribution in [0.3, 0.4) is 0 Å². The Hall–Kier alpha value is -3.59. The number of Topliss-reactive ketones (excluding diaryl/α,β-unsaturated/α-hetero) is 1. The molecule has 1 amide bonds. The molecular formula is C24H15BrF3NO4. The predicted molar refractivity (Wildman–Crippen MR) is 118 cm³/mol. The van der Waals surface area contributed by atoms with Crippen molar-refractivity contribution in [3.05, 3.63) is 100 Å². The number of anilines is 1. The van der Waals surface area contributed by atoms with Crippen LogP contribution in [0, 0.1) is 0 Å². The minimum Gasteiger partial charge on any atom is -0.507 e. The van der Waals surface area contributed by atoms with Gasteiger partial charge in [-0.3, -0.25) is 14.5 Å². The third kappa shape index (κ3) is 4.63. The van der Waals surface area contributed by atoms with Crippen LogP contribution in [-0.2, 0) is 9.59 Å². The molecule has 0 spiro atoms. The summed E-state index contributed by atoms with van der Waals surface area (Å²) in [5.74, 6) is -2.86. The van der Waals surface area contributed by atoms with Crippen molar-refractivity contribution < 1.29 is 32.6 Å². The number of hydrogen-bond donors (Lipinski definition) is 1. The zero-order valence-corrected chi connectivity index (χ0v) is 18.3. The van der Waals surface area contributed by atoms with Crippen molar-refractivity contribution in [1.29, 1.82) is 0 Å². The van der Waals surface area contributed by atoms with Gasteiger partial charge in [0.25, 0.3) is 11.7 Å². The summed E-state index contributed by atoms with van der Waals surface area (Å²) in [7, 11) is 0. The number of aliphatic hydroxyl groups is 1. The van der Waals surface area contributed by atoms with Gasteiger partial charge in [-0.1, -0.05) is 64.5 Å². The van der Waals surface area contributed by atoms with Crippen molar-refractivity contribution in [1.82, 2.24) is 0 Å². The van der Waals surface area contributed by atoms with E-state index in [9.17, 15) is 27.9 Å². The number of carbonyl (C=O) groups is 2. The molecule has 1 saturated heterocycles. The third-order valence-corrected chi connectivity index (χ3v) is 5.54. The van der Waals surface area contributed by atoms with E-state index in [0.717, 1.165) is 21.5 Å². The van der Waals surface area contributed by atoms with E-state index in [1.165, 1.54) is 12.1 Å². The van der Waals surface area contributed by atoms with Gasteiger partial charge >= 0.3 is 6.36 Å². The maximum atomic E-state index is 13.0. The highest BCUT2D eigenvalue weighted by Crippen LogP contribution is 2.43. The Morgan fingerprint density at radius 2 is 1.61 bits per heavy atom. The Bertz CT molecular complexity index is 1240. The molecule has 3 aromatic rings. The van der Waals surface area contributed by atoms with E-state index in [2.05, 4.69) is 20.7 Å². The molecule has 3 aromatic carbocycles. The molecule has 9 heteroatoms. The number of aliphatic hydroxyl groups excluding tert-OH is 1.